The quantitative estimate of drug-likeness (QED) is 0.774. The molecular formula is C21H17N3O3. The highest BCUT2D eigenvalue weighted by atomic mass is 16.7. The van der Waals surface area contributed by atoms with Gasteiger partial charge >= 0.3 is 0 Å². The summed E-state index contributed by atoms with van der Waals surface area (Å²) in [6.07, 6.45) is 0. The maximum Gasteiger partial charge on any atom is 0.250 e. The zero-order valence-electron chi connectivity index (χ0n) is 14.7. The Kier molecular flexibility index (Phi) is 4.05. The summed E-state index contributed by atoms with van der Waals surface area (Å²) in [7, 11) is 0. The molecule has 2 aromatic carbocycles. The van der Waals surface area contributed by atoms with Gasteiger partial charge in [-0.1, -0.05) is 18.2 Å². The van der Waals surface area contributed by atoms with Gasteiger partial charge in [0.05, 0.1) is 17.2 Å². The summed E-state index contributed by atoms with van der Waals surface area (Å²) >= 11 is 0. The molecule has 6 nitrogen and oxygen atoms in total. The molecule has 0 unspecified atom stereocenters. The number of benzene rings is 2. The van der Waals surface area contributed by atoms with Gasteiger partial charge in [0, 0.05) is 17.9 Å². The summed E-state index contributed by atoms with van der Waals surface area (Å²) in [5.74, 6) is 0.979. The molecule has 0 bridgehead atoms. The van der Waals surface area contributed by atoms with Crippen LogP contribution in [0.1, 0.15) is 27.2 Å². The fourth-order valence-corrected chi connectivity index (χ4v) is 3.27. The molecule has 0 radical (unpaired) electrons. The first-order valence-electron chi connectivity index (χ1n) is 8.46. The van der Waals surface area contributed by atoms with Crippen LogP contribution >= 0.6 is 0 Å². The number of carbonyl (C=O) groups excluding carboxylic acids is 1. The van der Waals surface area contributed by atoms with E-state index in [2.05, 4.69) is 6.07 Å². The number of aromatic nitrogens is 1. The lowest BCUT2D eigenvalue weighted by atomic mass is 10.1. The Morgan fingerprint density at radius 2 is 1.89 bits per heavy atom. The van der Waals surface area contributed by atoms with Gasteiger partial charge in [-0.25, -0.2) is 0 Å². The van der Waals surface area contributed by atoms with E-state index in [0.29, 0.717) is 23.4 Å². The summed E-state index contributed by atoms with van der Waals surface area (Å²) < 4.78 is 12.9. The van der Waals surface area contributed by atoms with Gasteiger partial charge in [0.25, 0.3) is 5.91 Å². The highest BCUT2D eigenvalue weighted by Gasteiger charge is 2.19. The minimum atomic E-state index is -0.466. The number of rotatable bonds is 4. The number of nitrogens with two attached hydrogens (primary N) is 1. The van der Waals surface area contributed by atoms with Crippen LogP contribution in [0.2, 0.25) is 0 Å². The molecule has 6 heteroatoms. The molecule has 0 saturated heterocycles. The number of primary amides is 1. The van der Waals surface area contributed by atoms with Crippen molar-refractivity contribution in [1.82, 2.24) is 4.57 Å². The normalized spacial score (nSPS) is 12.0. The number of nitriles is 1. The van der Waals surface area contributed by atoms with Crippen molar-refractivity contribution in [3.05, 3.63) is 70.9 Å². The van der Waals surface area contributed by atoms with Gasteiger partial charge in [0.15, 0.2) is 11.5 Å². The highest BCUT2D eigenvalue weighted by Crippen LogP contribution is 2.34. The van der Waals surface area contributed by atoms with Gasteiger partial charge in [0.1, 0.15) is 0 Å². The summed E-state index contributed by atoms with van der Waals surface area (Å²) in [4.78, 5) is 11.9. The van der Waals surface area contributed by atoms with Crippen molar-refractivity contribution in [3.8, 4) is 28.8 Å². The van der Waals surface area contributed by atoms with Gasteiger partial charge in [-0.15, -0.1) is 0 Å². The maximum atomic E-state index is 11.9. The molecule has 1 amide bonds. The molecule has 1 aliphatic heterocycles. The first-order chi connectivity index (χ1) is 13.1. The predicted molar refractivity (Wildman–Crippen MR) is 99.5 cm³/mol. The number of hydrogen-bond acceptors (Lipinski definition) is 4. The van der Waals surface area contributed by atoms with Crippen molar-refractivity contribution >= 4 is 5.91 Å². The summed E-state index contributed by atoms with van der Waals surface area (Å²) in [5.41, 5.74) is 10.2. The average molecular weight is 359 g/mol. The number of carbonyl (C=O) groups is 1. The van der Waals surface area contributed by atoms with Crippen LogP contribution in [0.5, 0.6) is 11.5 Å². The smallest absolute Gasteiger partial charge is 0.250 e. The van der Waals surface area contributed by atoms with Crippen LogP contribution in [0.25, 0.3) is 11.3 Å². The maximum absolute atomic E-state index is 11.9. The van der Waals surface area contributed by atoms with Crippen LogP contribution < -0.4 is 15.2 Å². The molecule has 27 heavy (non-hydrogen) atoms. The summed E-state index contributed by atoms with van der Waals surface area (Å²) in [6, 6.07) is 17.0. The molecule has 0 saturated carbocycles. The fourth-order valence-electron chi connectivity index (χ4n) is 3.27. The van der Waals surface area contributed by atoms with E-state index in [0.717, 1.165) is 28.3 Å². The van der Waals surface area contributed by atoms with Crippen molar-refractivity contribution < 1.29 is 14.3 Å². The minimum absolute atomic E-state index is 0.226. The molecule has 3 aromatic rings. The molecule has 0 atom stereocenters. The van der Waals surface area contributed by atoms with E-state index < -0.39 is 5.91 Å². The van der Waals surface area contributed by atoms with E-state index in [1.165, 1.54) is 0 Å². The standard InChI is InChI=1S/C21H17N3O3/c1-13-17(21(23)25)9-18(16-5-2-14(10-22)3-6-16)24(13)11-15-4-7-19-20(8-15)27-12-26-19/h2-9H,11-12H2,1H3,(H2,23,25). The summed E-state index contributed by atoms with van der Waals surface area (Å²) in [6.45, 7) is 2.65. The number of amides is 1. The third-order valence-electron chi connectivity index (χ3n) is 4.72. The Balaban J connectivity index is 1.78. The number of fused-ring (bicyclic) bond motifs is 1. The number of nitrogens with zero attached hydrogens (tertiary/aromatic N) is 2. The second kappa shape index (κ2) is 6.54. The Labute approximate surface area is 156 Å². The Bertz CT molecular complexity index is 1080. The molecule has 1 aliphatic rings. The van der Waals surface area contributed by atoms with Gasteiger partial charge in [-0.3, -0.25) is 4.79 Å². The van der Waals surface area contributed by atoms with Crippen molar-refractivity contribution in [3.63, 3.8) is 0 Å². The SMILES string of the molecule is Cc1c(C(N)=O)cc(-c2ccc(C#N)cc2)n1Cc1ccc2c(c1)OCO2. The second-order valence-corrected chi connectivity index (χ2v) is 6.36. The lowest BCUT2D eigenvalue weighted by molar-refractivity contribution is 0.0999. The van der Waals surface area contributed by atoms with E-state index >= 15 is 0 Å². The van der Waals surface area contributed by atoms with Gasteiger partial charge in [-0.2, -0.15) is 5.26 Å². The summed E-state index contributed by atoms with van der Waals surface area (Å²) in [5, 5.41) is 9.01. The monoisotopic (exact) mass is 359 g/mol. The van der Waals surface area contributed by atoms with Crippen molar-refractivity contribution in [2.75, 3.05) is 6.79 Å². The fraction of sp³-hybridized carbons (Fsp3) is 0.143. The van der Waals surface area contributed by atoms with Crippen molar-refractivity contribution in [1.29, 1.82) is 5.26 Å². The third kappa shape index (κ3) is 3.00. The molecule has 4 rings (SSSR count). The first-order valence-corrected chi connectivity index (χ1v) is 8.46. The first kappa shape index (κ1) is 16.7. The minimum Gasteiger partial charge on any atom is -0.454 e. The van der Waals surface area contributed by atoms with E-state index in [1.54, 1.807) is 18.2 Å². The lowest BCUT2D eigenvalue weighted by Crippen LogP contribution is -2.12. The Hall–Kier alpha value is -3.72. The second-order valence-electron chi connectivity index (χ2n) is 6.36. The van der Waals surface area contributed by atoms with E-state index in [1.807, 2.05) is 41.8 Å². The van der Waals surface area contributed by atoms with Crippen LogP contribution in [0, 0.1) is 18.3 Å². The van der Waals surface area contributed by atoms with Gasteiger partial charge in [-0.05, 0) is 48.4 Å². The average Bonchev–Trinajstić information content (AvgIpc) is 3.27. The van der Waals surface area contributed by atoms with Crippen molar-refractivity contribution in [2.45, 2.75) is 13.5 Å². The van der Waals surface area contributed by atoms with Crippen molar-refractivity contribution in [2.24, 2.45) is 5.73 Å². The van der Waals surface area contributed by atoms with Crippen LogP contribution in [-0.2, 0) is 6.54 Å². The molecule has 0 fully saturated rings. The zero-order chi connectivity index (χ0) is 19.0. The van der Waals surface area contributed by atoms with E-state index in [4.69, 9.17) is 20.5 Å². The predicted octanol–water partition coefficient (Wildman–Crippen LogP) is 3.21. The largest absolute Gasteiger partial charge is 0.454 e. The van der Waals surface area contributed by atoms with Crippen LogP contribution in [0.15, 0.2) is 48.5 Å². The highest BCUT2D eigenvalue weighted by molar-refractivity contribution is 5.95. The number of ether oxygens (including phenoxy) is 2. The molecule has 0 aliphatic carbocycles. The number of hydrogen-bond donors (Lipinski definition) is 1. The van der Waals surface area contributed by atoms with Gasteiger partial charge < -0.3 is 19.8 Å². The lowest BCUT2D eigenvalue weighted by Gasteiger charge is -2.13. The van der Waals surface area contributed by atoms with E-state index in [-0.39, 0.29) is 6.79 Å². The molecule has 134 valence electrons. The van der Waals surface area contributed by atoms with E-state index in [9.17, 15) is 4.79 Å². The van der Waals surface area contributed by atoms with Crippen LogP contribution in [-0.4, -0.2) is 17.3 Å². The topological polar surface area (TPSA) is 90.3 Å². The Morgan fingerprint density at radius 3 is 2.59 bits per heavy atom. The zero-order valence-corrected chi connectivity index (χ0v) is 14.7. The molecule has 1 aromatic heterocycles. The molecule has 2 N–H and O–H groups in total. The van der Waals surface area contributed by atoms with Gasteiger partial charge in [0.2, 0.25) is 6.79 Å². The third-order valence-corrected chi connectivity index (χ3v) is 4.72. The molecular weight excluding hydrogens is 342 g/mol. The molecule has 2 heterocycles. The Morgan fingerprint density at radius 1 is 1.15 bits per heavy atom. The van der Waals surface area contributed by atoms with Crippen LogP contribution in [0.3, 0.4) is 0 Å². The van der Waals surface area contributed by atoms with Crippen LogP contribution in [0.4, 0.5) is 0 Å². The molecule has 0 spiro atoms.